The summed E-state index contributed by atoms with van der Waals surface area (Å²) in [5.41, 5.74) is 4.00. The lowest BCUT2D eigenvalue weighted by atomic mass is 10.1. The molecular weight excluding hydrogens is 743 g/mol. The first-order chi connectivity index (χ1) is 27.3. The number of carbonyl (C=O) groups excluding carboxylic acids is 1. The molecule has 0 bridgehead atoms. The second kappa shape index (κ2) is 18.1. The number of aliphatic imine (C=N–C) groups is 2. The Bertz CT molecular complexity index is 2010. The number of amidine groups is 2. The first-order valence-corrected chi connectivity index (χ1v) is 20.6. The summed E-state index contributed by atoms with van der Waals surface area (Å²) in [5, 5.41) is 6.07. The third-order valence-electron chi connectivity index (χ3n) is 11.2. The van der Waals surface area contributed by atoms with Crippen LogP contribution in [0.2, 0.25) is 10.0 Å². The Morgan fingerprint density at radius 3 is 1.71 bits per heavy atom. The van der Waals surface area contributed by atoms with Crippen LogP contribution in [0, 0.1) is 11.8 Å². The molecule has 0 spiro atoms. The molecule has 0 N–H and O–H groups in total. The van der Waals surface area contributed by atoms with Crippen molar-refractivity contribution in [2.75, 3.05) is 45.9 Å². The molecule has 9 nitrogen and oxygen atoms in total. The van der Waals surface area contributed by atoms with E-state index in [2.05, 4.69) is 79.0 Å². The minimum atomic E-state index is -0.282. The van der Waals surface area contributed by atoms with Crippen molar-refractivity contribution in [3.63, 3.8) is 0 Å². The number of hydrazine groups is 1. The molecule has 7 rings (SSSR count). The minimum absolute atomic E-state index is 0.155. The molecular formula is C45H52Cl2N6O3. The van der Waals surface area contributed by atoms with Gasteiger partial charge in [-0.05, 0) is 71.5 Å². The third kappa shape index (κ3) is 8.85. The first-order valence-electron chi connectivity index (χ1n) is 19.9. The van der Waals surface area contributed by atoms with Gasteiger partial charge in [0.1, 0.15) is 29.3 Å². The molecule has 0 aromatic heterocycles. The molecule has 4 aromatic carbocycles. The molecule has 4 aromatic rings. The van der Waals surface area contributed by atoms with Crippen LogP contribution in [0.3, 0.4) is 0 Å². The number of para-hydroxylation sites is 2. The van der Waals surface area contributed by atoms with Gasteiger partial charge in [0, 0.05) is 29.7 Å². The van der Waals surface area contributed by atoms with Crippen molar-refractivity contribution in [2.45, 2.75) is 58.8 Å². The van der Waals surface area contributed by atoms with Gasteiger partial charge in [-0.3, -0.25) is 19.8 Å². The molecule has 56 heavy (non-hydrogen) atoms. The van der Waals surface area contributed by atoms with E-state index in [0.29, 0.717) is 67.8 Å². The maximum Gasteiger partial charge on any atom is 0.209 e. The van der Waals surface area contributed by atoms with Gasteiger partial charge in [0.05, 0.1) is 49.5 Å². The van der Waals surface area contributed by atoms with Crippen LogP contribution < -0.4 is 9.47 Å². The Morgan fingerprint density at radius 1 is 0.679 bits per heavy atom. The Hall–Kier alpha value is -4.57. The molecule has 3 aliphatic heterocycles. The second-order valence-corrected chi connectivity index (χ2v) is 16.0. The van der Waals surface area contributed by atoms with Gasteiger partial charge in [0.15, 0.2) is 0 Å². The molecule has 0 saturated carbocycles. The van der Waals surface area contributed by atoms with Crippen molar-refractivity contribution in [3.8, 4) is 11.5 Å². The third-order valence-corrected chi connectivity index (χ3v) is 11.7. The second-order valence-electron chi connectivity index (χ2n) is 15.2. The van der Waals surface area contributed by atoms with Gasteiger partial charge in [-0.2, -0.15) is 5.01 Å². The zero-order chi connectivity index (χ0) is 39.2. The lowest BCUT2D eigenvalue weighted by Gasteiger charge is -2.49. The molecule has 1 amide bonds. The summed E-state index contributed by atoms with van der Waals surface area (Å²) in [5.74, 6) is 4.07. The van der Waals surface area contributed by atoms with Gasteiger partial charge in [-0.15, -0.1) is 0 Å². The highest BCUT2D eigenvalue weighted by Gasteiger charge is 2.44. The number of ether oxygens (including phenoxy) is 2. The fourth-order valence-corrected chi connectivity index (χ4v) is 7.61. The quantitative estimate of drug-likeness (QED) is 0.112. The van der Waals surface area contributed by atoms with Crippen LogP contribution in [0.1, 0.15) is 74.9 Å². The highest BCUT2D eigenvalue weighted by Crippen LogP contribution is 2.38. The zero-order valence-electron chi connectivity index (χ0n) is 32.7. The topological polar surface area (TPSA) is 73.2 Å². The van der Waals surface area contributed by atoms with Crippen LogP contribution >= 0.6 is 23.2 Å². The lowest BCUT2D eigenvalue weighted by molar-refractivity contribution is -0.130. The summed E-state index contributed by atoms with van der Waals surface area (Å²) in [6.07, 6.45) is 2.73. The van der Waals surface area contributed by atoms with Crippen molar-refractivity contribution < 1.29 is 14.3 Å². The van der Waals surface area contributed by atoms with E-state index in [0.717, 1.165) is 64.7 Å². The number of hydrogen-bond acceptors (Lipinski definition) is 8. The largest absolute Gasteiger partial charge is 0.493 e. The standard InChI is InChI=1S/C45H52Cl2N6O3/c1-5-31(3)28-55-41-13-9-7-11-37(41)44-48-39(33-15-19-35(46)20-16-33)25-51(44)43-27-50(30-54)23-24-52(43)53-26-40(34-17-21-36(47)22-18-34)49-45(53)38-12-8-10-14-42(38)56-29-32(4)6-2/h7-22,30-32,39-40,43H,5-6,23-29H2,1-4H3. The summed E-state index contributed by atoms with van der Waals surface area (Å²) >= 11 is 12.7. The van der Waals surface area contributed by atoms with Crippen molar-refractivity contribution in [1.82, 2.24) is 19.8 Å². The molecule has 294 valence electrons. The van der Waals surface area contributed by atoms with Crippen LogP contribution in [0.15, 0.2) is 107 Å². The maximum atomic E-state index is 12.6. The zero-order valence-corrected chi connectivity index (χ0v) is 34.2. The van der Waals surface area contributed by atoms with Crippen LogP contribution in [0.4, 0.5) is 0 Å². The monoisotopic (exact) mass is 794 g/mol. The lowest BCUT2D eigenvalue weighted by Crippen LogP contribution is -2.66. The SMILES string of the molecule is CCC(C)COc1ccccc1C1=NC(c2ccc(Cl)cc2)CN1C1CN(C=O)CCN1N1CC(c2ccc(Cl)cc2)N=C1c1ccccc1OCC(C)CC. The first kappa shape index (κ1) is 39.7. The summed E-state index contributed by atoms with van der Waals surface area (Å²) < 4.78 is 13.0. The van der Waals surface area contributed by atoms with E-state index in [-0.39, 0.29) is 18.2 Å². The Morgan fingerprint density at radius 2 is 1.18 bits per heavy atom. The van der Waals surface area contributed by atoms with Crippen molar-refractivity contribution in [1.29, 1.82) is 0 Å². The predicted molar refractivity (Wildman–Crippen MR) is 226 cm³/mol. The number of rotatable bonds is 15. The maximum absolute atomic E-state index is 12.6. The number of carbonyl (C=O) groups is 1. The van der Waals surface area contributed by atoms with Gasteiger partial charge in [0.2, 0.25) is 6.41 Å². The van der Waals surface area contributed by atoms with Crippen molar-refractivity contribution >= 4 is 41.3 Å². The number of amides is 1. The summed E-state index contributed by atoms with van der Waals surface area (Å²) in [4.78, 5) is 27.7. The number of piperazine rings is 1. The Balaban J connectivity index is 1.31. The van der Waals surface area contributed by atoms with Gasteiger partial charge in [-0.25, -0.2) is 0 Å². The molecule has 5 atom stereocenters. The highest BCUT2D eigenvalue weighted by atomic mass is 35.5. The van der Waals surface area contributed by atoms with E-state index >= 15 is 0 Å². The average molecular weight is 796 g/mol. The smallest absolute Gasteiger partial charge is 0.209 e. The van der Waals surface area contributed by atoms with Crippen molar-refractivity contribution in [2.24, 2.45) is 21.8 Å². The normalized spacial score (nSPS) is 21.1. The van der Waals surface area contributed by atoms with Crippen LogP contribution in [0.5, 0.6) is 11.5 Å². The number of hydrogen-bond donors (Lipinski definition) is 0. The van der Waals surface area contributed by atoms with Crippen LogP contribution in [-0.2, 0) is 4.79 Å². The van der Waals surface area contributed by atoms with Gasteiger partial charge < -0.3 is 19.3 Å². The molecule has 3 heterocycles. The fraction of sp³-hybridized carbons (Fsp3) is 0.400. The van der Waals surface area contributed by atoms with Gasteiger partial charge in [-0.1, -0.05) is 112 Å². The highest BCUT2D eigenvalue weighted by molar-refractivity contribution is 6.30. The number of halogens is 2. The molecule has 5 unspecified atom stereocenters. The predicted octanol–water partition coefficient (Wildman–Crippen LogP) is 9.17. The number of benzene rings is 4. The molecule has 1 saturated heterocycles. The minimum Gasteiger partial charge on any atom is -0.493 e. The van der Waals surface area contributed by atoms with Crippen LogP contribution in [-0.4, -0.2) is 90.0 Å². The Kier molecular flexibility index (Phi) is 12.8. The van der Waals surface area contributed by atoms with Gasteiger partial charge >= 0.3 is 0 Å². The fourth-order valence-electron chi connectivity index (χ4n) is 7.36. The van der Waals surface area contributed by atoms with E-state index < -0.39 is 0 Å². The summed E-state index contributed by atoms with van der Waals surface area (Å²) in [6, 6.07) is 32.0. The van der Waals surface area contributed by atoms with E-state index in [1.807, 2.05) is 65.6 Å². The Labute approximate surface area is 341 Å². The van der Waals surface area contributed by atoms with E-state index in [1.54, 1.807) is 0 Å². The van der Waals surface area contributed by atoms with E-state index in [4.69, 9.17) is 42.7 Å². The molecule has 3 aliphatic rings. The summed E-state index contributed by atoms with van der Waals surface area (Å²) in [6.45, 7) is 12.8. The summed E-state index contributed by atoms with van der Waals surface area (Å²) in [7, 11) is 0. The van der Waals surface area contributed by atoms with Crippen LogP contribution in [0.25, 0.3) is 0 Å². The molecule has 11 heteroatoms. The average Bonchev–Trinajstić information content (AvgIpc) is 3.88. The van der Waals surface area contributed by atoms with Crippen molar-refractivity contribution in [3.05, 3.63) is 129 Å². The molecule has 0 aliphatic carbocycles. The van der Waals surface area contributed by atoms with E-state index in [1.165, 1.54) is 0 Å². The van der Waals surface area contributed by atoms with Gasteiger partial charge in [0.25, 0.3) is 0 Å². The molecule has 1 fully saturated rings. The molecule has 0 radical (unpaired) electrons. The van der Waals surface area contributed by atoms with E-state index in [9.17, 15) is 4.79 Å². The number of nitrogens with zero attached hydrogens (tertiary/aromatic N) is 6.